The quantitative estimate of drug-likeness (QED) is 0.569. The number of nitrogens with zero attached hydrogens (tertiary/aromatic N) is 2. The lowest BCUT2D eigenvalue weighted by molar-refractivity contribution is 0.0729. The van der Waals surface area contributed by atoms with Gasteiger partial charge in [-0.25, -0.2) is 13.4 Å². The Labute approximate surface area is 197 Å². The minimum Gasteiger partial charge on any atom is -0.495 e. The average molecular weight is 488 g/mol. The third kappa shape index (κ3) is 4.93. The lowest BCUT2D eigenvalue weighted by Gasteiger charge is -2.26. The van der Waals surface area contributed by atoms with Gasteiger partial charge in [0.1, 0.15) is 10.6 Å². The van der Waals surface area contributed by atoms with Crippen LogP contribution in [0.25, 0.3) is 11.3 Å². The molecule has 0 aliphatic carbocycles. The first-order valence-corrected chi connectivity index (χ1v) is 12.7. The molecule has 2 heterocycles. The maximum absolute atomic E-state index is 13.2. The van der Waals surface area contributed by atoms with Gasteiger partial charge in [0.25, 0.3) is 5.91 Å². The van der Waals surface area contributed by atoms with E-state index in [0.29, 0.717) is 18.3 Å². The van der Waals surface area contributed by atoms with Crippen LogP contribution in [0.15, 0.2) is 46.7 Å². The normalized spacial score (nSPS) is 14.8. The average Bonchev–Trinajstić information content (AvgIpc) is 3.29. The third-order valence-corrected chi connectivity index (χ3v) is 8.22. The van der Waals surface area contributed by atoms with Gasteiger partial charge in [0.15, 0.2) is 5.13 Å². The molecule has 1 aromatic heterocycles. The summed E-state index contributed by atoms with van der Waals surface area (Å²) in [5, 5.41) is 5.08. The fourth-order valence-corrected chi connectivity index (χ4v) is 5.78. The number of carbonyl (C=O) groups is 1. The molecule has 33 heavy (non-hydrogen) atoms. The smallest absolute Gasteiger partial charge is 0.257 e. The summed E-state index contributed by atoms with van der Waals surface area (Å²) in [6.07, 6.45) is 0. The number of ether oxygens (including phenoxy) is 2. The molecule has 0 spiro atoms. The van der Waals surface area contributed by atoms with Crippen LogP contribution in [0.3, 0.4) is 0 Å². The topological polar surface area (TPSA) is 97.8 Å². The summed E-state index contributed by atoms with van der Waals surface area (Å²) in [6, 6.07) is 10.5. The minimum atomic E-state index is -3.84. The van der Waals surface area contributed by atoms with E-state index in [-0.39, 0.29) is 29.3 Å². The number of sulfonamides is 1. The maximum Gasteiger partial charge on any atom is 0.257 e. The number of aromatic nitrogens is 1. The van der Waals surface area contributed by atoms with Crippen LogP contribution >= 0.6 is 11.3 Å². The Balaban J connectivity index is 1.57. The summed E-state index contributed by atoms with van der Waals surface area (Å²) >= 11 is 1.31. The summed E-state index contributed by atoms with van der Waals surface area (Å²) in [6.45, 7) is 5.25. The molecular formula is C23H25N3O5S2. The van der Waals surface area contributed by atoms with Crippen molar-refractivity contribution in [1.82, 2.24) is 9.29 Å². The number of rotatable bonds is 6. The van der Waals surface area contributed by atoms with E-state index in [2.05, 4.69) is 16.4 Å². The van der Waals surface area contributed by atoms with E-state index >= 15 is 0 Å². The van der Waals surface area contributed by atoms with Crippen LogP contribution in [-0.4, -0.2) is 57.0 Å². The van der Waals surface area contributed by atoms with Crippen molar-refractivity contribution < 1.29 is 22.7 Å². The van der Waals surface area contributed by atoms with Crippen molar-refractivity contribution in [2.24, 2.45) is 0 Å². The first-order valence-electron chi connectivity index (χ1n) is 10.4. The van der Waals surface area contributed by atoms with Gasteiger partial charge in [0, 0.05) is 29.6 Å². The number of thiazole rings is 1. The predicted molar refractivity (Wildman–Crippen MR) is 128 cm³/mol. The van der Waals surface area contributed by atoms with Gasteiger partial charge in [0.05, 0.1) is 26.0 Å². The number of benzene rings is 2. The van der Waals surface area contributed by atoms with Gasteiger partial charge in [-0.3, -0.25) is 10.1 Å². The number of amides is 1. The van der Waals surface area contributed by atoms with Crippen LogP contribution < -0.4 is 10.1 Å². The van der Waals surface area contributed by atoms with E-state index in [1.807, 2.05) is 31.4 Å². The Kier molecular flexibility index (Phi) is 6.80. The van der Waals surface area contributed by atoms with Crippen LogP contribution in [0.4, 0.5) is 5.13 Å². The highest BCUT2D eigenvalue weighted by Gasteiger charge is 2.30. The molecular weight excluding hydrogens is 462 g/mol. The number of aryl methyl sites for hydroxylation is 2. The molecule has 0 atom stereocenters. The van der Waals surface area contributed by atoms with Crippen molar-refractivity contribution in [2.45, 2.75) is 18.7 Å². The van der Waals surface area contributed by atoms with E-state index in [0.717, 1.165) is 11.3 Å². The van der Waals surface area contributed by atoms with Crippen LogP contribution in [0.2, 0.25) is 0 Å². The zero-order valence-electron chi connectivity index (χ0n) is 18.6. The van der Waals surface area contributed by atoms with Gasteiger partial charge in [-0.2, -0.15) is 4.31 Å². The van der Waals surface area contributed by atoms with Crippen LogP contribution in [0.5, 0.6) is 5.75 Å². The number of hydrogen-bond acceptors (Lipinski definition) is 7. The maximum atomic E-state index is 13.2. The molecule has 10 heteroatoms. The van der Waals surface area contributed by atoms with Crippen molar-refractivity contribution in [3.63, 3.8) is 0 Å². The highest BCUT2D eigenvalue weighted by molar-refractivity contribution is 7.89. The predicted octanol–water partition coefficient (Wildman–Crippen LogP) is 3.71. The largest absolute Gasteiger partial charge is 0.495 e. The van der Waals surface area contributed by atoms with E-state index < -0.39 is 15.9 Å². The molecule has 8 nitrogen and oxygen atoms in total. The molecule has 4 rings (SSSR count). The zero-order valence-corrected chi connectivity index (χ0v) is 20.3. The molecule has 0 saturated carbocycles. The first kappa shape index (κ1) is 23.4. The van der Waals surface area contributed by atoms with Gasteiger partial charge in [-0.15, -0.1) is 11.3 Å². The monoisotopic (exact) mass is 487 g/mol. The fourth-order valence-electron chi connectivity index (χ4n) is 3.48. The van der Waals surface area contributed by atoms with Gasteiger partial charge in [-0.05, 0) is 49.2 Å². The second-order valence-electron chi connectivity index (χ2n) is 7.67. The Morgan fingerprint density at radius 2 is 1.88 bits per heavy atom. The first-order chi connectivity index (χ1) is 15.8. The molecule has 1 aliphatic heterocycles. The Hall–Kier alpha value is -2.79. The molecule has 0 bridgehead atoms. The number of morpholine rings is 1. The second kappa shape index (κ2) is 9.60. The van der Waals surface area contributed by atoms with Crippen molar-refractivity contribution in [3.8, 4) is 17.0 Å². The molecule has 1 fully saturated rings. The lowest BCUT2D eigenvalue weighted by Crippen LogP contribution is -2.40. The highest BCUT2D eigenvalue weighted by atomic mass is 32.2. The molecule has 2 aromatic carbocycles. The molecule has 0 radical (unpaired) electrons. The van der Waals surface area contributed by atoms with Gasteiger partial charge >= 0.3 is 0 Å². The van der Waals surface area contributed by atoms with Gasteiger partial charge in [0.2, 0.25) is 10.0 Å². The van der Waals surface area contributed by atoms with Gasteiger partial charge < -0.3 is 9.47 Å². The Morgan fingerprint density at radius 3 is 2.58 bits per heavy atom. The molecule has 1 saturated heterocycles. The highest BCUT2D eigenvalue weighted by Crippen LogP contribution is 2.30. The summed E-state index contributed by atoms with van der Waals surface area (Å²) in [4.78, 5) is 17.4. The summed E-state index contributed by atoms with van der Waals surface area (Å²) in [7, 11) is -2.44. The van der Waals surface area contributed by atoms with E-state index in [9.17, 15) is 13.2 Å². The molecule has 1 amide bonds. The Morgan fingerprint density at radius 1 is 1.12 bits per heavy atom. The summed E-state index contributed by atoms with van der Waals surface area (Å²) < 4.78 is 38.2. The molecule has 3 aromatic rings. The summed E-state index contributed by atoms with van der Waals surface area (Å²) in [5.74, 6) is -0.263. The zero-order chi connectivity index (χ0) is 23.6. The molecule has 174 valence electrons. The van der Waals surface area contributed by atoms with Gasteiger partial charge in [-0.1, -0.05) is 12.1 Å². The fraction of sp³-hybridized carbons (Fsp3) is 0.304. The van der Waals surface area contributed by atoms with E-state index in [4.69, 9.17) is 9.47 Å². The standard InChI is InChI=1S/C23H25N3O5S2/c1-15-4-5-17(12-16(15)2)19-14-32-23(24-19)25-22(27)18-6-7-20(30-3)21(13-18)33(28,29)26-8-10-31-11-9-26/h4-7,12-14H,8-11H2,1-3H3,(H,24,25,27). The Bertz CT molecular complexity index is 1280. The van der Waals surface area contributed by atoms with Crippen molar-refractivity contribution in [3.05, 3.63) is 58.5 Å². The molecule has 1 N–H and O–H groups in total. The lowest BCUT2D eigenvalue weighted by atomic mass is 10.1. The van der Waals surface area contributed by atoms with Crippen LogP contribution in [0, 0.1) is 13.8 Å². The number of hydrogen-bond donors (Lipinski definition) is 1. The molecule has 1 aliphatic rings. The van der Waals surface area contributed by atoms with Crippen LogP contribution in [0.1, 0.15) is 21.5 Å². The van der Waals surface area contributed by atoms with E-state index in [1.54, 1.807) is 0 Å². The molecule has 0 unspecified atom stereocenters. The third-order valence-electron chi connectivity index (χ3n) is 5.54. The van der Waals surface area contributed by atoms with Crippen LogP contribution in [-0.2, 0) is 14.8 Å². The van der Waals surface area contributed by atoms with Crippen molar-refractivity contribution in [1.29, 1.82) is 0 Å². The minimum absolute atomic E-state index is 0.0468. The van der Waals surface area contributed by atoms with Crippen molar-refractivity contribution in [2.75, 3.05) is 38.7 Å². The second-order valence-corrected chi connectivity index (χ2v) is 10.4. The number of nitrogens with one attached hydrogen (secondary N) is 1. The van der Waals surface area contributed by atoms with E-state index in [1.165, 1.54) is 52.1 Å². The summed E-state index contributed by atoms with van der Waals surface area (Å²) in [5.41, 5.74) is 4.30. The number of carbonyl (C=O) groups excluding carboxylic acids is 1. The number of methoxy groups -OCH3 is 1. The van der Waals surface area contributed by atoms with Crippen molar-refractivity contribution >= 4 is 32.4 Å². The SMILES string of the molecule is COc1ccc(C(=O)Nc2nc(-c3ccc(C)c(C)c3)cs2)cc1S(=O)(=O)N1CCOCC1. The number of anilines is 1.